The summed E-state index contributed by atoms with van der Waals surface area (Å²) in [6.07, 6.45) is 0.900. The number of aryl methyl sites for hydroxylation is 3. The monoisotopic (exact) mass is 479 g/mol. The lowest BCUT2D eigenvalue weighted by molar-refractivity contribution is -0.138. The third kappa shape index (κ3) is 5.50. The van der Waals surface area contributed by atoms with E-state index in [1.165, 1.54) is 6.07 Å². The number of rotatable bonds is 7. The molecule has 2 aromatic carbocycles. The quantitative estimate of drug-likeness (QED) is 0.432. The zero-order chi connectivity index (χ0) is 25.3. The van der Waals surface area contributed by atoms with Gasteiger partial charge in [-0.25, -0.2) is 0 Å². The molecule has 4 rings (SSSR count). The smallest absolute Gasteiger partial charge is 0.419 e. The van der Waals surface area contributed by atoms with Gasteiger partial charge in [-0.15, -0.1) is 0 Å². The van der Waals surface area contributed by atoms with E-state index in [0.29, 0.717) is 30.9 Å². The van der Waals surface area contributed by atoms with Crippen molar-refractivity contribution in [1.82, 2.24) is 4.98 Å². The van der Waals surface area contributed by atoms with E-state index < -0.39 is 23.3 Å². The number of benzene rings is 2. The number of fused-ring (bicyclic) bond motifs is 1. The van der Waals surface area contributed by atoms with Crippen molar-refractivity contribution in [1.29, 1.82) is 0 Å². The van der Waals surface area contributed by atoms with Crippen molar-refractivity contribution >= 4 is 17.6 Å². The van der Waals surface area contributed by atoms with Gasteiger partial charge >= 0.3 is 6.18 Å². The van der Waals surface area contributed by atoms with Crippen LogP contribution in [0.4, 0.5) is 13.2 Å². The highest BCUT2D eigenvalue weighted by Crippen LogP contribution is 2.36. The van der Waals surface area contributed by atoms with Crippen molar-refractivity contribution in [2.45, 2.75) is 45.7 Å². The standard InChI is InChI=1S/C28H24F3NO3/c1-16-3-4-18(11-27(35)21-7-8-26(34)24(13-21)28(29,30)31)9-20(16)6-5-19-10-23-12-22(17(2)33)14-25(23)32-15-19/h3-4,7-10,12-13,15,34H,5-6,11,14H2,1-2H3. The second kappa shape index (κ2) is 9.49. The summed E-state index contributed by atoms with van der Waals surface area (Å²) in [6, 6.07) is 10.5. The summed E-state index contributed by atoms with van der Waals surface area (Å²) in [4.78, 5) is 28.8. The summed E-state index contributed by atoms with van der Waals surface area (Å²) < 4.78 is 39.2. The van der Waals surface area contributed by atoms with E-state index in [1.54, 1.807) is 13.0 Å². The number of alkyl halides is 3. The number of pyridine rings is 1. The first-order valence-corrected chi connectivity index (χ1v) is 11.2. The Bertz CT molecular complexity index is 1360. The van der Waals surface area contributed by atoms with Crippen LogP contribution in [0.25, 0.3) is 6.08 Å². The van der Waals surface area contributed by atoms with Crippen molar-refractivity contribution in [3.05, 3.63) is 98.9 Å². The SMILES string of the molecule is CC(=O)C1=Cc2cc(CCc3cc(CC(=O)c4ccc(O)c(C(F)(F)F)c4)ccc3C)cnc2C1. The third-order valence-corrected chi connectivity index (χ3v) is 6.29. The maximum absolute atomic E-state index is 13.1. The number of phenolic OH excluding ortho intramolecular Hbond substituents is 1. The number of aromatic nitrogens is 1. The molecule has 0 spiro atoms. The normalized spacial score (nSPS) is 12.9. The van der Waals surface area contributed by atoms with Crippen molar-refractivity contribution in [2.75, 3.05) is 0 Å². The number of hydrogen-bond acceptors (Lipinski definition) is 4. The number of carbonyl (C=O) groups is 2. The molecule has 0 amide bonds. The molecule has 0 saturated heterocycles. The molecule has 0 atom stereocenters. The molecule has 0 saturated carbocycles. The first kappa shape index (κ1) is 24.4. The number of Topliss-reactive ketones (excluding diaryl/α,β-unsaturated/α-hetero) is 2. The Labute approximate surface area is 201 Å². The van der Waals surface area contributed by atoms with Gasteiger partial charge in [0.1, 0.15) is 5.75 Å². The molecule has 0 aliphatic heterocycles. The van der Waals surface area contributed by atoms with E-state index >= 15 is 0 Å². The molecule has 1 heterocycles. The fraction of sp³-hybridized carbons (Fsp3) is 0.250. The highest BCUT2D eigenvalue weighted by atomic mass is 19.4. The number of carbonyl (C=O) groups excluding carboxylic acids is 2. The van der Waals surface area contributed by atoms with Crippen molar-refractivity contribution < 1.29 is 27.9 Å². The number of ketones is 2. The molecule has 0 unspecified atom stereocenters. The lowest BCUT2D eigenvalue weighted by Crippen LogP contribution is -2.09. The molecule has 0 fully saturated rings. The number of aromatic hydroxyl groups is 1. The van der Waals surface area contributed by atoms with E-state index in [4.69, 9.17) is 0 Å². The molecular formula is C28H24F3NO3. The molecule has 0 bridgehead atoms. The van der Waals surface area contributed by atoms with Crippen LogP contribution in [0.3, 0.4) is 0 Å². The highest BCUT2D eigenvalue weighted by molar-refractivity contribution is 6.00. The van der Waals surface area contributed by atoms with E-state index in [0.717, 1.165) is 39.6 Å². The lowest BCUT2D eigenvalue weighted by atomic mass is 9.95. The second-order valence-electron chi connectivity index (χ2n) is 8.87. The van der Waals surface area contributed by atoms with Crippen LogP contribution >= 0.6 is 0 Å². The fourth-order valence-electron chi connectivity index (χ4n) is 4.22. The molecule has 3 aromatic rings. The molecule has 1 aromatic heterocycles. The Morgan fingerprint density at radius 2 is 1.80 bits per heavy atom. The Morgan fingerprint density at radius 1 is 1.03 bits per heavy atom. The van der Waals surface area contributed by atoms with Gasteiger partial charge in [0.25, 0.3) is 0 Å². The van der Waals surface area contributed by atoms with Gasteiger partial charge in [-0.3, -0.25) is 14.6 Å². The average molecular weight is 479 g/mol. The van der Waals surface area contributed by atoms with Gasteiger partial charge in [0.2, 0.25) is 0 Å². The second-order valence-corrected chi connectivity index (χ2v) is 8.87. The van der Waals surface area contributed by atoms with Gasteiger partial charge in [0.05, 0.1) is 11.3 Å². The topological polar surface area (TPSA) is 67.3 Å². The van der Waals surface area contributed by atoms with Crippen LogP contribution in [0.2, 0.25) is 0 Å². The van der Waals surface area contributed by atoms with Crippen molar-refractivity contribution in [3.8, 4) is 5.75 Å². The maximum atomic E-state index is 13.1. The average Bonchev–Trinajstić information content (AvgIpc) is 3.23. The summed E-state index contributed by atoms with van der Waals surface area (Å²) >= 11 is 0. The summed E-state index contributed by atoms with van der Waals surface area (Å²) in [5.41, 5.74) is 5.15. The molecule has 0 radical (unpaired) electrons. The minimum absolute atomic E-state index is 0.0473. The van der Waals surface area contributed by atoms with Crippen LogP contribution < -0.4 is 0 Å². The molecule has 1 aliphatic rings. The predicted molar refractivity (Wildman–Crippen MR) is 126 cm³/mol. The van der Waals surface area contributed by atoms with Crippen molar-refractivity contribution in [3.63, 3.8) is 0 Å². The summed E-state index contributed by atoms with van der Waals surface area (Å²) in [5.74, 6) is -1.31. The lowest BCUT2D eigenvalue weighted by Gasteiger charge is -2.12. The first-order valence-electron chi connectivity index (χ1n) is 11.2. The Kier molecular flexibility index (Phi) is 6.61. The van der Waals surface area contributed by atoms with Gasteiger partial charge in [-0.05, 0) is 84.8 Å². The summed E-state index contributed by atoms with van der Waals surface area (Å²) in [6.45, 7) is 3.52. The zero-order valence-corrected chi connectivity index (χ0v) is 19.4. The van der Waals surface area contributed by atoms with Crippen LogP contribution in [0.1, 0.15) is 56.4 Å². The fourth-order valence-corrected chi connectivity index (χ4v) is 4.22. The number of nitrogens with zero attached hydrogens (tertiary/aromatic N) is 1. The van der Waals surface area contributed by atoms with Gasteiger partial charge in [0.15, 0.2) is 11.6 Å². The molecule has 1 N–H and O–H groups in total. The van der Waals surface area contributed by atoms with E-state index in [-0.39, 0.29) is 17.8 Å². The molecule has 7 heteroatoms. The van der Waals surface area contributed by atoms with Crippen LogP contribution in [-0.4, -0.2) is 21.7 Å². The van der Waals surface area contributed by atoms with Crippen LogP contribution in [-0.2, 0) is 36.7 Å². The van der Waals surface area contributed by atoms with Gasteiger partial charge in [-0.1, -0.05) is 18.2 Å². The van der Waals surface area contributed by atoms with Crippen LogP contribution in [0.15, 0.2) is 54.2 Å². The number of hydrogen-bond donors (Lipinski definition) is 1. The molecule has 4 nitrogen and oxygen atoms in total. The van der Waals surface area contributed by atoms with Crippen LogP contribution in [0, 0.1) is 6.92 Å². The Balaban J connectivity index is 1.47. The van der Waals surface area contributed by atoms with Gasteiger partial charge < -0.3 is 5.11 Å². The van der Waals surface area contributed by atoms with Crippen LogP contribution in [0.5, 0.6) is 5.75 Å². The van der Waals surface area contributed by atoms with E-state index in [9.17, 15) is 27.9 Å². The minimum Gasteiger partial charge on any atom is -0.507 e. The first-order chi connectivity index (χ1) is 16.5. The molecular weight excluding hydrogens is 455 g/mol. The van der Waals surface area contributed by atoms with E-state index in [2.05, 4.69) is 4.98 Å². The van der Waals surface area contributed by atoms with Crippen molar-refractivity contribution in [2.24, 2.45) is 0 Å². The Hall–Kier alpha value is -3.74. The summed E-state index contributed by atoms with van der Waals surface area (Å²) in [7, 11) is 0. The van der Waals surface area contributed by atoms with E-state index in [1.807, 2.05) is 37.4 Å². The molecule has 1 aliphatic carbocycles. The van der Waals surface area contributed by atoms with Gasteiger partial charge in [0, 0.05) is 30.2 Å². The predicted octanol–water partition coefficient (Wildman–Crippen LogP) is 5.85. The number of phenols is 1. The maximum Gasteiger partial charge on any atom is 0.419 e. The number of allylic oxidation sites excluding steroid dienone is 1. The summed E-state index contributed by atoms with van der Waals surface area (Å²) in [5, 5.41) is 9.50. The molecule has 180 valence electrons. The zero-order valence-electron chi connectivity index (χ0n) is 19.4. The van der Waals surface area contributed by atoms with Gasteiger partial charge in [-0.2, -0.15) is 13.2 Å². The third-order valence-electron chi connectivity index (χ3n) is 6.29. The highest BCUT2D eigenvalue weighted by Gasteiger charge is 2.34. The molecule has 35 heavy (non-hydrogen) atoms. The Morgan fingerprint density at radius 3 is 2.51 bits per heavy atom. The largest absolute Gasteiger partial charge is 0.507 e. The minimum atomic E-state index is -4.74. The number of halogens is 3.